The lowest BCUT2D eigenvalue weighted by atomic mass is 10.1. The number of nitrogens with zero attached hydrogens (tertiary/aromatic N) is 2. The first kappa shape index (κ1) is 13.5. The Labute approximate surface area is 125 Å². The van der Waals surface area contributed by atoms with Crippen LogP contribution in [0.1, 0.15) is 4.88 Å². The van der Waals surface area contributed by atoms with Crippen molar-refractivity contribution in [3.05, 3.63) is 59.6 Å². The van der Waals surface area contributed by atoms with E-state index in [1.165, 1.54) is 11.3 Å². The number of carboxylic acids is 1. The minimum absolute atomic E-state index is 0.0330. The van der Waals surface area contributed by atoms with Gasteiger partial charge in [-0.1, -0.05) is 36.4 Å². The van der Waals surface area contributed by atoms with Gasteiger partial charge in [0.15, 0.2) is 0 Å². The largest absolute Gasteiger partial charge is 0.481 e. The maximum Gasteiger partial charge on any atom is 0.308 e. The van der Waals surface area contributed by atoms with Crippen LogP contribution in [0.5, 0.6) is 0 Å². The van der Waals surface area contributed by atoms with E-state index in [1.807, 2.05) is 48.5 Å². The fourth-order valence-electron chi connectivity index (χ4n) is 2.03. The van der Waals surface area contributed by atoms with Gasteiger partial charge in [0.2, 0.25) is 0 Å². The molecule has 2 heterocycles. The number of carboxylic acid groups (broad SMARTS) is 1. The molecule has 5 heteroatoms. The van der Waals surface area contributed by atoms with Crippen LogP contribution in [0.25, 0.3) is 22.0 Å². The lowest BCUT2D eigenvalue weighted by Crippen LogP contribution is -1.99. The van der Waals surface area contributed by atoms with Crippen molar-refractivity contribution >= 4 is 17.3 Å². The lowest BCUT2D eigenvalue weighted by Gasteiger charge is -1.99. The number of hydrogen-bond donors (Lipinski definition) is 1. The highest BCUT2D eigenvalue weighted by Gasteiger charge is 2.16. The summed E-state index contributed by atoms with van der Waals surface area (Å²) in [6.45, 7) is 0. The molecular weight excluding hydrogens is 284 g/mol. The number of hydrogen-bond acceptors (Lipinski definition) is 4. The molecule has 4 nitrogen and oxygen atoms in total. The van der Waals surface area contributed by atoms with Crippen LogP contribution in [0, 0.1) is 0 Å². The smallest absolute Gasteiger partial charge is 0.308 e. The van der Waals surface area contributed by atoms with Crippen molar-refractivity contribution in [3.8, 4) is 22.0 Å². The first-order valence-electron chi connectivity index (χ1n) is 6.42. The zero-order valence-corrected chi connectivity index (χ0v) is 11.9. The van der Waals surface area contributed by atoms with Gasteiger partial charge in [0, 0.05) is 16.6 Å². The van der Waals surface area contributed by atoms with Gasteiger partial charge >= 0.3 is 5.97 Å². The second-order valence-corrected chi connectivity index (χ2v) is 5.53. The van der Waals surface area contributed by atoms with Crippen molar-refractivity contribution in [2.75, 3.05) is 0 Å². The Kier molecular flexibility index (Phi) is 3.75. The third-order valence-electron chi connectivity index (χ3n) is 2.94. The van der Waals surface area contributed by atoms with Gasteiger partial charge in [0.25, 0.3) is 0 Å². The van der Waals surface area contributed by atoms with Gasteiger partial charge in [-0.25, -0.2) is 4.98 Å². The normalized spacial score (nSPS) is 10.5. The molecule has 1 N–H and O–H groups in total. The number of aromatic nitrogens is 2. The Morgan fingerprint density at radius 3 is 2.52 bits per heavy atom. The Hall–Kier alpha value is -2.53. The van der Waals surface area contributed by atoms with Crippen LogP contribution in [0.15, 0.2) is 54.7 Å². The molecule has 0 spiro atoms. The van der Waals surface area contributed by atoms with Crippen LogP contribution in [0.2, 0.25) is 0 Å². The number of pyridine rings is 1. The maximum absolute atomic E-state index is 11.1. The predicted octanol–water partition coefficient (Wildman–Crippen LogP) is 3.50. The highest BCUT2D eigenvalue weighted by Crippen LogP contribution is 2.33. The highest BCUT2D eigenvalue weighted by atomic mass is 32.1. The Balaban J connectivity index is 2.10. The number of thiazole rings is 1. The van der Waals surface area contributed by atoms with Gasteiger partial charge in [0.05, 0.1) is 17.8 Å². The molecule has 0 bridgehead atoms. The molecule has 3 rings (SSSR count). The molecular formula is C16H12N2O2S. The molecule has 0 aliphatic heterocycles. The predicted molar refractivity (Wildman–Crippen MR) is 82.1 cm³/mol. The van der Waals surface area contributed by atoms with Gasteiger partial charge in [-0.2, -0.15) is 0 Å². The van der Waals surface area contributed by atoms with E-state index in [4.69, 9.17) is 5.11 Å². The minimum atomic E-state index is -0.858. The van der Waals surface area contributed by atoms with Gasteiger partial charge in [-0.15, -0.1) is 11.3 Å². The van der Waals surface area contributed by atoms with E-state index in [0.29, 0.717) is 0 Å². The molecule has 0 aliphatic rings. The lowest BCUT2D eigenvalue weighted by molar-refractivity contribution is -0.136. The van der Waals surface area contributed by atoms with Gasteiger partial charge in [-0.3, -0.25) is 9.78 Å². The van der Waals surface area contributed by atoms with Crippen molar-refractivity contribution in [2.24, 2.45) is 0 Å². The second kappa shape index (κ2) is 5.85. The SMILES string of the molecule is O=C(O)Cc1sc(-c2ccccn2)nc1-c1ccccc1. The molecule has 2 aromatic heterocycles. The average Bonchev–Trinajstić information content (AvgIpc) is 2.92. The van der Waals surface area contributed by atoms with Crippen LogP contribution in [0.4, 0.5) is 0 Å². The van der Waals surface area contributed by atoms with E-state index in [-0.39, 0.29) is 6.42 Å². The van der Waals surface area contributed by atoms with E-state index in [9.17, 15) is 4.79 Å². The summed E-state index contributed by atoms with van der Waals surface area (Å²) in [4.78, 5) is 20.7. The molecule has 0 fully saturated rings. The van der Waals surface area contributed by atoms with Gasteiger partial charge < -0.3 is 5.11 Å². The number of aliphatic carboxylic acids is 1. The van der Waals surface area contributed by atoms with Crippen LogP contribution >= 0.6 is 11.3 Å². The molecule has 0 amide bonds. The molecule has 1 aromatic carbocycles. The quantitative estimate of drug-likeness (QED) is 0.800. The molecule has 21 heavy (non-hydrogen) atoms. The second-order valence-electron chi connectivity index (χ2n) is 4.44. The number of benzene rings is 1. The zero-order chi connectivity index (χ0) is 14.7. The first-order chi connectivity index (χ1) is 10.2. The summed E-state index contributed by atoms with van der Waals surface area (Å²) >= 11 is 1.38. The standard InChI is InChI=1S/C16H12N2O2S/c19-14(20)10-13-15(11-6-2-1-3-7-11)18-16(21-13)12-8-4-5-9-17-12/h1-9H,10H2,(H,19,20). The van der Waals surface area contributed by atoms with Crippen molar-refractivity contribution < 1.29 is 9.90 Å². The fraction of sp³-hybridized carbons (Fsp3) is 0.0625. The number of rotatable bonds is 4. The third-order valence-corrected chi connectivity index (χ3v) is 4.02. The summed E-state index contributed by atoms with van der Waals surface area (Å²) in [5.41, 5.74) is 2.41. The van der Waals surface area contributed by atoms with E-state index < -0.39 is 5.97 Å². The molecule has 0 unspecified atom stereocenters. The summed E-state index contributed by atoms with van der Waals surface area (Å²) in [5.74, 6) is -0.858. The van der Waals surface area contributed by atoms with E-state index in [2.05, 4.69) is 9.97 Å². The Bertz CT molecular complexity index is 754. The van der Waals surface area contributed by atoms with Crippen LogP contribution < -0.4 is 0 Å². The van der Waals surface area contributed by atoms with Crippen molar-refractivity contribution in [3.63, 3.8) is 0 Å². The topological polar surface area (TPSA) is 63.1 Å². The highest BCUT2D eigenvalue weighted by molar-refractivity contribution is 7.15. The van der Waals surface area contributed by atoms with Crippen LogP contribution in [0.3, 0.4) is 0 Å². The number of carbonyl (C=O) groups is 1. The molecule has 0 saturated heterocycles. The van der Waals surface area contributed by atoms with Crippen molar-refractivity contribution in [2.45, 2.75) is 6.42 Å². The monoisotopic (exact) mass is 296 g/mol. The maximum atomic E-state index is 11.1. The van der Waals surface area contributed by atoms with Gasteiger partial charge in [0.1, 0.15) is 5.01 Å². The molecule has 104 valence electrons. The zero-order valence-electron chi connectivity index (χ0n) is 11.1. The van der Waals surface area contributed by atoms with E-state index in [1.54, 1.807) is 6.20 Å². The van der Waals surface area contributed by atoms with Crippen molar-refractivity contribution in [1.82, 2.24) is 9.97 Å². The fourth-order valence-corrected chi connectivity index (χ4v) is 3.08. The van der Waals surface area contributed by atoms with E-state index in [0.717, 1.165) is 26.8 Å². The first-order valence-corrected chi connectivity index (χ1v) is 7.24. The van der Waals surface area contributed by atoms with Crippen LogP contribution in [-0.4, -0.2) is 21.0 Å². The summed E-state index contributed by atoms with van der Waals surface area (Å²) in [6, 6.07) is 15.2. The molecule has 0 aliphatic carbocycles. The van der Waals surface area contributed by atoms with Crippen molar-refractivity contribution in [1.29, 1.82) is 0 Å². The summed E-state index contributed by atoms with van der Waals surface area (Å²) in [6.07, 6.45) is 1.67. The Morgan fingerprint density at radius 1 is 1.10 bits per heavy atom. The average molecular weight is 296 g/mol. The Morgan fingerprint density at radius 2 is 1.86 bits per heavy atom. The molecule has 3 aromatic rings. The third kappa shape index (κ3) is 2.98. The summed E-state index contributed by atoms with van der Waals surface area (Å²) in [7, 11) is 0. The molecule has 0 saturated carbocycles. The summed E-state index contributed by atoms with van der Waals surface area (Å²) < 4.78 is 0. The van der Waals surface area contributed by atoms with Crippen LogP contribution in [-0.2, 0) is 11.2 Å². The van der Waals surface area contributed by atoms with E-state index >= 15 is 0 Å². The van der Waals surface area contributed by atoms with Gasteiger partial charge in [-0.05, 0) is 12.1 Å². The summed E-state index contributed by atoms with van der Waals surface area (Å²) in [5, 5.41) is 9.82. The minimum Gasteiger partial charge on any atom is -0.481 e. The molecule has 0 radical (unpaired) electrons. The molecule has 0 atom stereocenters.